The smallest absolute Gasteiger partial charge is 0.236 e. The molecule has 0 fully saturated rings. The Morgan fingerprint density at radius 1 is 1.53 bits per heavy atom. The van der Waals surface area contributed by atoms with Gasteiger partial charge in [-0.15, -0.1) is 0 Å². The third kappa shape index (κ3) is 3.85. The molecule has 0 aliphatic heterocycles. The van der Waals surface area contributed by atoms with E-state index in [2.05, 4.69) is 22.7 Å². The lowest BCUT2D eigenvalue weighted by Gasteiger charge is -2.12. The van der Waals surface area contributed by atoms with Crippen LogP contribution in [0.2, 0.25) is 0 Å². The third-order valence-corrected chi connectivity index (χ3v) is 2.67. The summed E-state index contributed by atoms with van der Waals surface area (Å²) in [6.07, 6.45) is 2.91. The molecule has 0 aromatic carbocycles. The maximum absolute atomic E-state index is 11.5. The maximum Gasteiger partial charge on any atom is 0.236 e. The maximum atomic E-state index is 11.5. The highest BCUT2D eigenvalue weighted by Crippen LogP contribution is 2.06. The number of carbonyl (C=O) groups excluding carboxylic acids is 1. The third-order valence-electron chi connectivity index (χ3n) is 2.67. The molecule has 0 saturated heterocycles. The first-order valence-electron chi connectivity index (χ1n) is 6.10. The van der Waals surface area contributed by atoms with Crippen LogP contribution < -0.4 is 10.6 Å². The number of aromatic nitrogens is 2. The number of hydrogen-bond donors (Lipinski definition) is 2. The SMILES string of the molecule is CCNC(=O)C(C)NCc1cn(C)nc1CC. The fraction of sp³-hybridized carbons (Fsp3) is 0.667. The second kappa shape index (κ2) is 6.39. The van der Waals surface area contributed by atoms with E-state index in [1.54, 1.807) is 0 Å². The van der Waals surface area contributed by atoms with E-state index >= 15 is 0 Å². The van der Waals surface area contributed by atoms with Gasteiger partial charge in [0.25, 0.3) is 0 Å². The van der Waals surface area contributed by atoms with Crippen LogP contribution in [0.1, 0.15) is 32.0 Å². The molecular formula is C12H22N4O. The average Bonchev–Trinajstić information content (AvgIpc) is 2.66. The van der Waals surface area contributed by atoms with Crippen molar-refractivity contribution in [2.24, 2.45) is 7.05 Å². The number of amides is 1. The minimum atomic E-state index is -0.181. The number of hydrogen-bond acceptors (Lipinski definition) is 3. The summed E-state index contributed by atoms with van der Waals surface area (Å²) in [5, 5.41) is 10.4. The first-order valence-corrected chi connectivity index (χ1v) is 6.10. The van der Waals surface area contributed by atoms with Gasteiger partial charge in [0.15, 0.2) is 0 Å². The summed E-state index contributed by atoms with van der Waals surface area (Å²) in [5.41, 5.74) is 2.24. The predicted molar refractivity (Wildman–Crippen MR) is 67.6 cm³/mol. The first-order chi connectivity index (χ1) is 8.08. The Bertz CT molecular complexity index is 373. The second-order valence-electron chi connectivity index (χ2n) is 4.13. The topological polar surface area (TPSA) is 59.0 Å². The van der Waals surface area contributed by atoms with Gasteiger partial charge < -0.3 is 10.6 Å². The zero-order chi connectivity index (χ0) is 12.8. The molecular weight excluding hydrogens is 216 g/mol. The zero-order valence-electron chi connectivity index (χ0n) is 11.1. The fourth-order valence-electron chi connectivity index (χ4n) is 1.71. The molecule has 1 atom stereocenters. The van der Waals surface area contributed by atoms with Crippen LogP contribution >= 0.6 is 0 Å². The molecule has 1 aromatic heterocycles. The van der Waals surface area contributed by atoms with E-state index in [0.29, 0.717) is 13.1 Å². The molecule has 0 aliphatic rings. The van der Waals surface area contributed by atoms with Gasteiger partial charge in [0, 0.05) is 31.9 Å². The first kappa shape index (κ1) is 13.7. The number of carbonyl (C=O) groups is 1. The van der Waals surface area contributed by atoms with Crippen molar-refractivity contribution in [2.75, 3.05) is 6.54 Å². The minimum absolute atomic E-state index is 0.0365. The van der Waals surface area contributed by atoms with Crippen molar-refractivity contribution >= 4 is 5.91 Å². The number of rotatable bonds is 6. The highest BCUT2D eigenvalue weighted by molar-refractivity contribution is 5.81. The number of nitrogens with one attached hydrogen (secondary N) is 2. The fourth-order valence-corrected chi connectivity index (χ4v) is 1.71. The minimum Gasteiger partial charge on any atom is -0.355 e. The highest BCUT2D eigenvalue weighted by atomic mass is 16.2. The predicted octanol–water partition coefficient (Wildman–Crippen LogP) is 0.597. The molecule has 1 aromatic rings. The van der Waals surface area contributed by atoms with E-state index in [1.165, 1.54) is 0 Å². The molecule has 5 nitrogen and oxygen atoms in total. The molecule has 1 rings (SSSR count). The van der Waals surface area contributed by atoms with Crippen LogP contribution in [0, 0.1) is 0 Å². The van der Waals surface area contributed by atoms with Gasteiger partial charge in [-0.2, -0.15) is 5.10 Å². The Morgan fingerprint density at radius 3 is 2.82 bits per heavy atom. The van der Waals surface area contributed by atoms with Crippen LogP contribution in [0.4, 0.5) is 0 Å². The van der Waals surface area contributed by atoms with Crippen LogP contribution in [0.3, 0.4) is 0 Å². The summed E-state index contributed by atoms with van der Waals surface area (Å²) in [6.45, 7) is 7.21. The van der Waals surface area contributed by atoms with Crippen molar-refractivity contribution < 1.29 is 4.79 Å². The Kier molecular flexibility index (Phi) is 5.15. The molecule has 0 spiro atoms. The van der Waals surface area contributed by atoms with Crippen LogP contribution in [-0.4, -0.2) is 28.3 Å². The van der Waals surface area contributed by atoms with Crippen LogP contribution in [0.15, 0.2) is 6.20 Å². The van der Waals surface area contributed by atoms with E-state index < -0.39 is 0 Å². The molecule has 2 N–H and O–H groups in total. The quantitative estimate of drug-likeness (QED) is 0.763. The lowest BCUT2D eigenvalue weighted by atomic mass is 10.2. The highest BCUT2D eigenvalue weighted by Gasteiger charge is 2.12. The summed E-state index contributed by atoms with van der Waals surface area (Å²) in [7, 11) is 1.91. The van der Waals surface area contributed by atoms with Crippen molar-refractivity contribution in [3.8, 4) is 0 Å². The van der Waals surface area contributed by atoms with Gasteiger partial charge in [-0.05, 0) is 20.3 Å². The van der Waals surface area contributed by atoms with Crippen molar-refractivity contribution in [3.63, 3.8) is 0 Å². The van der Waals surface area contributed by atoms with E-state index in [-0.39, 0.29) is 11.9 Å². The average molecular weight is 238 g/mol. The van der Waals surface area contributed by atoms with Gasteiger partial charge in [0.2, 0.25) is 5.91 Å². The summed E-state index contributed by atoms with van der Waals surface area (Å²) in [4.78, 5) is 11.5. The van der Waals surface area contributed by atoms with Crippen LogP contribution in [-0.2, 0) is 24.8 Å². The molecule has 5 heteroatoms. The van der Waals surface area contributed by atoms with Gasteiger partial charge in [-0.1, -0.05) is 6.92 Å². The van der Waals surface area contributed by atoms with Crippen molar-refractivity contribution in [1.29, 1.82) is 0 Å². The van der Waals surface area contributed by atoms with Crippen LogP contribution in [0.5, 0.6) is 0 Å². The van der Waals surface area contributed by atoms with E-state index in [9.17, 15) is 4.79 Å². The standard InChI is InChI=1S/C12H22N4O/c1-5-11-10(8-16(4)15-11)7-14-9(3)12(17)13-6-2/h8-9,14H,5-7H2,1-4H3,(H,13,17). The molecule has 1 amide bonds. The van der Waals surface area contributed by atoms with E-state index in [4.69, 9.17) is 0 Å². The number of nitrogens with zero attached hydrogens (tertiary/aromatic N) is 2. The molecule has 0 aliphatic carbocycles. The Balaban J connectivity index is 2.52. The molecule has 1 heterocycles. The van der Waals surface area contributed by atoms with Gasteiger partial charge in [-0.25, -0.2) is 0 Å². The molecule has 96 valence electrons. The van der Waals surface area contributed by atoms with Crippen molar-refractivity contribution in [2.45, 2.75) is 39.8 Å². The van der Waals surface area contributed by atoms with Gasteiger partial charge in [-0.3, -0.25) is 9.48 Å². The molecule has 0 saturated carbocycles. The number of aryl methyl sites for hydroxylation is 2. The normalized spacial score (nSPS) is 12.5. The monoisotopic (exact) mass is 238 g/mol. The van der Waals surface area contributed by atoms with Gasteiger partial charge >= 0.3 is 0 Å². The molecule has 1 unspecified atom stereocenters. The second-order valence-corrected chi connectivity index (χ2v) is 4.13. The summed E-state index contributed by atoms with van der Waals surface area (Å²) in [5.74, 6) is 0.0365. The van der Waals surface area contributed by atoms with E-state index in [0.717, 1.165) is 17.7 Å². The Hall–Kier alpha value is -1.36. The zero-order valence-corrected chi connectivity index (χ0v) is 11.1. The van der Waals surface area contributed by atoms with Gasteiger partial charge in [0.05, 0.1) is 11.7 Å². The molecule has 0 radical (unpaired) electrons. The molecule has 0 bridgehead atoms. The lowest BCUT2D eigenvalue weighted by Crippen LogP contribution is -2.41. The lowest BCUT2D eigenvalue weighted by molar-refractivity contribution is -0.122. The largest absolute Gasteiger partial charge is 0.355 e. The number of likely N-dealkylation sites (N-methyl/N-ethyl adjacent to an activating group) is 1. The van der Waals surface area contributed by atoms with Crippen molar-refractivity contribution in [1.82, 2.24) is 20.4 Å². The Morgan fingerprint density at radius 2 is 2.24 bits per heavy atom. The van der Waals surface area contributed by atoms with Crippen LogP contribution in [0.25, 0.3) is 0 Å². The molecule has 17 heavy (non-hydrogen) atoms. The Labute approximate surface area is 103 Å². The summed E-state index contributed by atoms with van der Waals surface area (Å²) < 4.78 is 1.81. The summed E-state index contributed by atoms with van der Waals surface area (Å²) in [6, 6.07) is -0.181. The van der Waals surface area contributed by atoms with E-state index in [1.807, 2.05) is 31.8 Å². The van der Waals surface area contributed by atoms with Crippen molar-refractivity contribution in [3.05, 3.63) is 17.5 Å². The van der Waals surface area contributed by atoms with Gasteiger partial charge in [0.1, 0.15) is 0 Å². The summed E-state index contributed by atoms with van der Waals surface area (Å²) >= 11 is 0.